The van der Waals surface area contributed by atoms with Crippen LogP contribution in [0.2, 0.25) is 10.0 Å². The molecule has 2 N–H and O–H groups in total. The predicted molar refractivity (Wildman–Crippen MR) is 158 cm³/mol. The summed E-state index contributed by atoms with van der Waals surface area (Å²) in [6, 6.07) is 21.7. The highest BCUT2D eigenvalue weighted by Crippen LogP contribution is 2.41. The Labute approximate surface area is 239 Å². The number of carboxylic acids is 1. The fourth-order valence-electron chi connectivity index (χ4n) is 5.24. The van der Waals surface area contributed by atoms with Gasteiger partial charge in [-0.25, -0.2) is 0 Å². The number of nitrogens with one attached hydrogen (secondary N) is 1. The Morgan fingerprint density at radius 3 is 2.26 bits per heavy atom. The van der Waals surface area contributed by atoms with Crippen LogP contribution in [0.5, 0.6) is 0 Å². The molecule has 1 heterocycles. The quantitative estimate of drug-likeness (QED) is 0.194. The first-order valence-corrected chi connectivity index (χ1v) is 13.9. The minimum atomic E-state index is -0.944. The Hall–Kier alpha value is -3.41. The van der Waals surface area contributed by atoms with Crippen molar-refractivity contribution in [3.63, 3.8) is 0 Å². The average Bonchev–Trinajstić information content (AvgIpc) is 2.91. The number of carboxylic acid groups (broad SMARTS) is 1. The standard InChI is InChI=1S/C32H32Cl2N2O3/c1-3-4-27(21-5-7-23(8-6-21)32(39)36-16-14-30(37)38)28(22-9-11-25(33)12-10-22)18-24-13-15-35-31-20(2)17-26(34)19-29(24)31/h5-13,15,17,19,27-28H,3-4,14,16,18H2,1-2H3,(H,36,39)(H,37,38)/t27-,28+/m1/s1. The van der Waals surface area contributed by atoms with E-state index in [9.17, 15) is 9.59 Å². The Morgan fingerprint density at radius 1 is 0.923 bits per heavy atom. The van der Waals surface area contributed by atoms with Gasteiger partial charge in [0.1, 0.15) is 0 Å². The molecule has 39 heavy (non-hydrogen) atoms. The number of aryl methyl sites for hydroxylation is 1. The fourth-order valence-corrected chi connectivity index (χ4v) is 5.64. The highest BCUT2D eigenvalue weighted by Gasteiger charge is 2.26. The number of aliphatic carboxylic acids is 1. The molecule has 0 saturated heterocycles. The summed E-state index contributed by atoms with van der Waals surface area (Å²) in [7, 11) is 0. The molecule has 2 atom stereocenters. The molecule has 202 valence electrons. The minimum Gasteiger partial charge on any atom is -0.481 e. The van der Waals surface area contributed by atoms with E-state index in [0.717, 1.165) is 41.3 Å². The van der Waals surface area contributed by atoms with Crippen LogP contribution in [-0.4, -0.2) is 28.5 Å². The van der Waals surface area contributed by atoms with Crippen LogP contribution >= 0.6 is 23.2 Å². The van der Waals surface area contributed by atoms with Crippen LogP contribution in [0.25, 0.3) is 10.9 Å². The van der Waals surface area contributed by atoms with E-state index in [4.69, 9.17) is 28.3 Å². The van der Waals surface area contributed by atoms with Gasteiger partial charge >= 0.3 is 5.97 Å². The number of amides is 1. The van der Waals surface area contributed by atoms with E-state index >= 15 is 0 Å². The van der Waals surface area contributed by atoms with Gasteiger partial charge in [-0.15, -0.1) is 0 Å². The van der Waals surface area contributed by atoms with Crippen molar-refractivity contribution in [2.75, 3.05) is 6.54 Å². The number of fused-ring (bicyclic) bond motifs is 1. The third-order valence-electron chi connectivity index (χ3n) is 7.14. The second-order valence-electron chi connectivity index (χ2n) is 9.87. The third kappa shape index (κ3) is 7.17. The molecular formula is C32H32Cl2N2O3. The molecule has 0 unspecified atom stereocenters. The summed E-state index contributed by atoms with van der Waals surface area (Å²) >= 11 is 12.7. The van der Waals surface area contributed by atoms with Gasteiger partial charge in [0.05, 0.1) is 11.9 Å². The second-order valence-corrected chi connectivity index (χ2v) is 10.7. The van der Waals surface area contributed by atoms with E-state index in [2.05, 4.69) is 35.4 Å². The first-order valence-electron chi connectivity index (χ1n) is 13.2. The number of nitrogens with zero attached hydrogens (tertiary/aromatic N) is 1. The van der Waals surface area contributed by atoms with Gasteiger partial charge in [-0.2, -0.15) is 0 Å². The predicted octanol–water partition coefficient (Wildman–Crippen LogP) is 7.96. The van der Waals surface area contributed by atoms with Crippen LogP contribution in [0.1, 0.15) is 70.6 Å². The third-order valence-corrected chi connectivity index (χ3v) is 7.61. The van der Waals surface area contributed by atoms with Crippen LogP contribution < -0.4 is 5.32 Å². The molecule has 1 aromatic heterocycles. The molecule has 1 amide bonds. The van der Waals surface area contributed by atoms with Crippen molar-refractivity contribution in [1.82, 2.24) is 10.3 Å². The van der Waals surface area contributed by atoms with Crippen molar-refractivity contribution in [2.45, 2.75) is 51.4 Å². The Bertz CT molecular complexity index is 1450. The molecule has 0 bridgehead atoms. The molecule has 0 aliphatic carbocycles. The van der Waals surface area contributed by atoms with Gasteiger partial charge in [-0.1, -0.05) is 60.8 Å². The lowest BCUT2D eigenvalue weighted by molar-refractivity contribution is -0.136. The Kier molecular flexibility index (Phi) is 9.60. The van der Waals surface area contributed by atoms with Crippen molar-refractivity contribution >= 4 is 46.0 Å². The van der Waals surface area contributed by atoms with E-state index in [1.165, 1.54) is 11.1 Å². The molecule has 4 rings (SSSR count). The molecule has 7 heteroatoms. The number of hydrogen-bond donors (Lipinski definition) is 2. The second kappa shape index (κ2) is 13.1. The molecule has 0 spiro atoms. The first-order chi connectivity index (χ1) is 18.8. The number of pyridine rings is 1. The summed E-state index contributed by atoms with van der Waals surface area (Å²) in [5.74, 6) is -0.897. The molecule has 0 radical (unpaired) electrons. The van der Waals surface area contributed by atoms with Gasteiger partial charge in [-0.05, 0) is 96.3 Å². The summed E-state index contributed by atoms with van der Waals surface area (Å²) in [4.78, 5) is 27.9. The molecule has 0 aliphatic rings. The van der Waals surface area contributed by atoms with Crippen molar-refractivity contribution in [3.05, 3.63) is 111 Å². The lowest BCUT2D eigenvalue weighted by atomic mass is 9.75. The maximum Gasteiger partial charge on any atom is 0.305 e. The van der Waals surface area contributed by atoms with Crippen molar-refractivity contribution in [1.29, 1.82) is 0 Å². The normalized spacial score (nSPS) is 12.7. The number of aromatic nitrogens is 1. The fraction of sp³-hybridized carbons (Fsp3) is 0.281. The molecule has 3 aromatic carbocycles. The number of rotatable bonds is 11. The Balaban J connectivity index is 1.71. The largest absolute Gasteiger partial charge is 0.481 e. The van der Waals surface area contributed by atoms with Crippen LogP contribution in [-0.2, 0) is 11.2 Å². The summed E-state index contributed by atoms with van der Waals surface area (Å²) < 4.78 is 0. The van der Waals surface area contributed by atoms with Gasteiger partial charge in [0, 0.05) is 33.7 Å². The molecule has 0 aliphatic heterocycles. The molecule has 4 aromatic rings. The average molecular weight is 564 g/mol. The topological polar surface area (TPSA) is 79.3 Å². The zero-order valence-corrected chi connectivity index (χ0v) is 23.6. The number of hydrogen-bond acceptors (Lipinski definition) is 3. The maximum atomic E-state index is 12.5. The van der Waals surface area contributed by atoms with Gasteiger partial charge in [0.25, 0.3) is 5.91 Å². The lowest BCUT2D eigenvalue weighted by Crippen LogP contribution is -2.26. The number of carbonyl (C=O) groups excluding carboxylic acids is 1. The van der Waals surface area contributed by atoms with E-state index < -0.39 is 5.97 Å². The number of carbonyl (C=O) groups is 2. The molecule has 0 saturated carbocycles. The zero-order chi connectivity index (χ0) is 27.9. The van der Waals surface area contributed by atoms with Crippen LogP contribution in [0.3, 0.4) is 0 Å². The minimum absolute atomic E-state index is 0.0936. The van der Waals surface area contributed by atoms with E-state index in [0.29, 0.717) is 15.6 Å². The zero-order valence-electron chi connectivity index (χ0n) is 22.1. The smallest absolute Gasteiger partial charge is 0.305 e. The highest BCUT2D eigenvalue weighted by molar-refractivity contribution is 6.31. The van der Waals surface area contributed by atoms with Gasteiger partial charge in [-0.3, -0.25) is 14.6 Å². The van der Waals surface area contributed by atoms with Gasteiger partial charge in [0.2, 0.25) is 0 Å². The van der Waals surface area contributed by atoms with Crippen molar-refractivity contribution in [2.24, 2.45) is 0 Å². The van der Waals surface area contributed by atoms with Crippen molar-refractivity contribution < 1.29 is 14.7 Å². The monoisotopic (exact) mass is 562 g/mol. The summed E-state index contributed by atoms with van der Waals surface area (Å²) in [5, 5.41) is 13.9. The number of benzene rings is 3. The van der Waals surface area contributed by atoms with E-state index in [1.807, 2.05) is 61.7 Å². The van der Waals surface area contributed by atoms with Crippen LogP contribution in [0, 0.1) is 6.92 Å². The summed E-state index contributed by atoms with van der Waals surface area (Å²) in [5.41, 5.74) is 6.03. The van der Waals surface area contributed by atoms with Crippen LogP contribution in [0.15, 0.2) is 72.9 Å². The molecular weight excluding hydrogens is 531 g/mol. The summed E-state index contributed by atoms with van der Waals surface area (Å²) in [6.07, 6.45) is 4.49. The van der Waals surface area contributed by atoms with Gasteiger partial charge in [0.15, 0.2) is 0 Å². The van der Waals surface area contributed by atoms with Gasteiger partial charge < -0.3 is 10.4 Å². The van der Waals surface area contributed by atoms with E-state index in [-0.39, 0.29) is 30.7 Å². The van der Waals surface area contributed by atoms with Crippen LogP contribution in [0.4, 0.5) is 0 Å². The number of halogens is 2. The molecule has 5 nitrogen and oxygen atoms in total. The van der Waals surface area contributed by atoms with Crippen molar-refractivity contribution in [3.8, 4) is 0 Å². The molecule has 0 fully saturated rings. The summed E-state index contributed by atoms with van der Waals surface area (Å²) in [6.45, 7) is 4.30. The first kappa shape index (κ1) is 28.6. The highest BCUT2D eigenvalue weighted by atomic mass is 35.5. The lowest BCUT2D eigenvalue weighted by Gasteiger charge is -2.29. The Morgan fingerprint density at radius 2 is 1.59 bits per heavy atom. The van der Waals surface area contributed by atoms with E-state index in [1.54, 1.807) is 0 Å². The maximum absolute atomic E-state index is 12.5. The SMILES string of the molecule is CCC[C@H](c1ccc(C(=O)NCCC(=O)O)cc1)[C@@H](Cc1ccnc2c(C)cc(Cl)cc12)c1ccc(Cl)cc1.